The first-order chi connectivity index (χ1) is 8.25. The van der Waals surface area contributed by atoms with Crippen LogP contribution in [0.15, 0.2) is 30.5 Å². The number of benzene rings is 1. The van der Waals surface area contributed by atoms with E-state index in [1.165, 1.54) is 12.8 Å². The van der Waals surface area contributed by atoms with Crippen molar-refractivity contribution in [3.8, 4) is 11.1 Å². The van der Waals surface area contributed by atoms with Crippen molar-refractivity contribution in [2.24, 2.45) is 0 Å². The second-order valence-electron chi connectivity index (χ2n) is 4.48. The number of rotatable bonds is 2. The zero-order valence-corrected chi connectivity index (χ0v) is 10.4. The van der Waals surface area contributed by atoms with E-state index in [0.29, 0.717) is 5.92 Å². The predicted octanol–water partition coefficient (Wildman–Crippen LogP) is 3.98. The highest BCUT2D eigenvalue weighted by Gasteiger charge is 2.26. The molecule has 1 aromatic heterocycles. The van der Waals surface area contributed by atoms with Gasteiger partial charge in [0.2, 0.25) is 0 Å². The van der Waals surface area contributed by atoms with Gasteiger partial charge in [-0.3, -0.25) is 0 Å². The second-order valence-corrected chi connectivity index (χ2v) is 4.89. The Balaban J connectivity index is 2.06. The van der Waals surface area contributed by atoms with Crippen LogP contribution < -0.4 is 0 Å². The molecule has 1 saturated carbocycles. The highest BCUT2D eigenvalue weighted by molar-refractivity contribution is 6.33. The van der Waals surface area contributed by atoms with Crippen molar-refractivity contribution in [2.75, 3.05) is 0 Å². The van der Waals surface area contributed by atoms with Gasteiger partial charge in [0.05, 0.1) is 0 Å². The fourth-order valence-electron chi connectivity index (χ4n) is 1.97. The van der Waals surface area contributed by atoms with Crippen LogP contribution in [-0.4, -0.2) is 9.97 Å². The average Bonchev–Trinajstić information content (AvgIpc) is 3.14. The molecule has 3 heteroatoms. The Morgan fingerprint density at radius 1 is 1.18 bits per heavy atom. The maximum atomic E-state index is 6.19. The van der Waals surface area contributed by atoms with Crippen LogP contribution in [0.2, 0.25) is 5.02 Å². The van der Waals surface area contributed by atoms with Crippen LogP contribution in [0.5, 0.6) is 0 Å². The van der Waals surface area contributed by atoms with Gasteiger partial charge in [-0.15, -0.1) is 0 Å². The van der Waals surface area contributed by atoms with Gasteiger partial charge < -0.3 is 0 Å². The van der Waals surface area contributed by atoms with Crippen LogP contribution in [-0.2, 0) is 0 Å². The van der Waals surface area contributed by atoms with E-state index in [2.05, 4.69) is 9.97 Å². The number of aromatic nitrogens is 2. The van der Waals surface area contributed by atoms with Crippen molar-refractivity contribution >= 4 is 11.6 Å². The van der Waals surface area contributed by atoms with Crippen LogP contribution in [0, 0.1) is 6.92 Å². The SMILES string of the molecule is Cc1nc(C2CC2)ncc1-c1ccccc1Cl. The fraction of sp³-hybridized carbons (Fsp3) is 0.286. The van der Waals surface area contributed by atoms with Crippen LogP contribution in [0.25, 0.3) is 11.1 Å². The van der Waals surface area contributed by atoms with Gasteiger partial charge in [0.1, 0.15) is 5.82 Å². The monoisotopic (exact) mass is 244 g/mol. The number of hydrogen-bond donors (Lipinski definition) is 0. The topological polar surface area (TPSA) is 25.8 Å². The van der Waals surface area contributed by atoms with Gasteiger partial charge in [-0.1, -0.05) is 29.8 Å². The van der Waals surface area contributed by atoms with Gasteiger partial charge in [0.15, 0.2) is 0 Å². The Bertz CT molecular complexity index is 562. The standard InChI is InChI=1S/C14H13ClN2/c1-9-12(11-4-2-3-5-13(11)15)8-16-14(17-9)10-6-7-10/h2-5,8,10H,6-7H2,1H3. The summed E-state index contributed by atoms with van der Waals surface area (Å²) >= 11 is 6.19. The minimum absolute atomic E-state index is 0.592. The maximum Gasteiger partial charge on any atom is 0.131 e. The summed E-state index contributed by atoms with van der Waals surface area (Å²) in [6, 6.07) is 7.81. The van der Waals surface area contributed by atoms with E-state index in [9.17, 15) is 0 Å². The van der Waals surface area contributed by atoms with E-state index in [1.807, 2.05) is 37.4 Å². The van der Waals surface area contributed by atoms with Crippen LogP contribution >= 0.6 is 11.6 Å². The molecule has 0 N–H and O–H groups in total. The van der Waals surface area contributed by atoms with Crippen molar-refractivity contribution in [2.45, 2.75) is 25.7 Å². The number of aryl methyl sites for hydroxylation is 1. The van der Waals surface area contributed by atoms with E-state index in [4.69, 9.17) is 11.6 Å². The summed E-state index contributed by atoms with van der Waals surface area (Å²) in [6.45, 7) is 2.02. The summed E-state index contributed by atoms with van der Waals surface area (Å²) in [5.74, 6) is 1.58. The summed E-state index contributed by atoms with van der Waals surface area (Å²) in [6.07, 6.45) is 4.35. The van der Waals surface area contributed by atoms with Gasteiger partial charge in [-0.25, -0.2) is 9.97 Å². The maximum absolute atomic E-state index is 6.19. The first-order valence-corrected chi connectivity index (χ1v) is 6.22. The number of hydrogen-bond acceptors (Lipinski definition) is 2. The Morgan fingerprint density at radius 2 is 1.94 bits per heavy atom. The van der Waals surface area contributed by atoms with Crippen LogP contribution in [0.3, 0.4) is 0 Å². The quantitative estimate of drug-likeness (QED) is 0.799. The fourth-order valence-corrected chi connectivity index (χ4v) is 2.20. The third-order valence-electron chi connectivity index (χ3n) is 3.10. The molecular weight excluding hydrogens is 232 g/mol. The highest BCUT2D eigenvalue weighted by Crippen LogP contribution is 2.39. The highest BCUT2D eigenvalue weighted by atomic mass is 35.5. The zero-order valence-electron chi connectivity index (χ0n) is 9.65. The molecular formula is C14H13ClN2. The van der Waals surface area contributed by atoms with Crippen molar-refractivity contribution in [1.29, 1.82) is 0 Å². The number of halogens is 1. The van der Waals surface area contributed by atoms with E-state index < -0.39 is 0 Å². The van der Waals surface area contributed by atoms with Crippen molar-refractivity contribution in [1.82, 2.24) is 9.97 Å². The molecule has 0 aliphatic heterocycles. The smallest absolute Gasteiger partial charge is 0.131 e. The molecule has 1 aromatic carbocycles. The lowest BCUT2D eigenvalue weighted by molar-refractivity contribution is 0.908. The summed E-state index contributed by atoms with van der Waals surface area (Å²) in [7, 11) is 0. The lowest BCUT2D eigenvalue weighted by Crippen LogP contribution is -1.97. The molecule has 0 atom stereocenters. The average molecular weight is 245 g/mol. The van der Waals surface area contributed by atoms with Crippen molar-refractivity contribution < 1.29 is 0 Å². The molecule has 0 spiro atoms. The molecule has 3 rings (SSSR count). The Labute approximate surface area is 106 Å². The van der Waals surface area contributed by atoms with Gasteiger partial charge in [0, 0.05) is 34.0 Å². The van der Waals surface area contributed by atoms with Crippen molar-refractivity contribution in [3.63, 3.8) is 0 Å². The summed E-state index contributed by atoms with van der Waals surface area (Å²) in [5.41, 5.74) is 3.05. The van der Waals surface area contributed by atoms with E-state index in [-0.39, 0.29) is 0 Å². The largest absolute Gasteiger partial charge is 0.240 e. The molecule has 2 aromatic rings. The van der Waals surface area contributed by atoms with Crippen LogP contribution in [0.1, 0.15) is 30.3 Å². The van der Waals surface area contributed by atoms with E-state index in [0.717, 1.165) is 27.7 Å². The van der Waals surface area contributed by atoms with E-state index in [1.54, 1.807) is 0 Å². The molecule has 1 aliphatic carbocycles. The molecule has 1 heterocycles. The summed E-state index contributed by atoms with van der Waals surface area (Å²) < 4.78 is 0. The third kappa shape index (κ3) is 2.05. The van der Waals surface area contributed by atoms with Crippen molar-refractivity contribution in [3.05, 3.63) is 47.0 Å². The minimum Gasteiger partial charge on any atom is -0.240 e. The molecule has 86 valence electrons. The summed E-state index contributed by atoms with van der Waals surface area (Å²) in [5, 5.41) is 0.748. The second kappa shape index (κ2) is 4.11. The van der Waals surface area contributed by atoms with Gasteiger partial charge in [-0.2, -0.15) is 0 Å². The first kappa shape index (κ1) is 10.7. The van der Waals surface area contributed by atoms with Gasteiger partial charge >= 0.3 is 0 Å². The van der Waals surface area contributed by atoms with Gasteiger partial charge in [-0.05, 0) is 25.8 Å². The summed E-state index contributed by atoms with van der Waals surface area (Å²) in [4.78, 5) is 9.03. The minimum atomic E-state index is 0.592. The molecule has 0 unspecified atom stereocenters. The zero-order chi connectivity index (χ0) is 11.8. The Morgan fingerprint density at radius 3 is 2.59 bits per heavy atom. The normalized spacial score (nSPS) is 14.9. The molecule has 0 amide bonds. The molecule has 1 aliphatic rings. The molecule has 1 fully saturated rings. The van der Waals surface area contributed by atoms with Gasteiger partial charge in [0.25, 0.3) is 0 Å². The lowest BCUT2D eigenvalue weighted by atomic mass is 10.1. The predicted molar refractivity (Wildman–Crippen MR) is 69.2 cm³/mol. The third-order valence-corrected chi connectivity index (χ3v) is 3.43. The number of nitrogens with zero attached hydrogens (tertiary/aromatic N) is 2. The Hall–Kier alpha value is -1.41. The molecule has 2 nitrogen and oxygen atoms in total. The Kier molecular flexibility index (Phi) is 2.60. The molecule has 17 heavy (non-hydrogen) atoms. The molecule has 0 radical (unpaired) electrons. The lowest BCUT2D eigenvalue weighted by Gasteiger charge is -2.08. The van der Waals surface area contributed by atoms with E-state index >= 15 is 0 Å². The molecule has 0 saturated heterocycles. The molecule has 0 bridgehead atoms. The van der Waals surface area contributed by atoms with Crippen LogP contribution in [0.4, 0.5) is 0 Å². The first-order valence-electron chi connectivity index (χ1n) is 5.84.